The second-order valence-corrected chi connectivity index (χ2v) is 7.54. The van der Waals surface area contributed by atoms with E-state index in [1.54, 1.807) is 39.4 Å². The quantitative estimate of drug-likeness (QED) is 0.334. The Labute approximate surface area is 199 Å². The van der Waals surface area contributed by atoms with Gasteiger partial charge in [-0.1, -0.05) is 6.07 Å². The number of nitrogens with zero attached hydrogens (tertiary/aromatic N) is 1. The van der Waals surface area contributed by atoms with Crippen LogP contribution in [0.15, 0.2) is 53.7 Å². The highest BCUT2D eigenvalue weighted by molar-refractivity contribution is 7.80. The predicted octanol–water partition coefficient (Wildman–Crippen LogP) is 3.61. The molecule has 0 saturated heterocycles. The summed E-state index contributed by atoms with van der Waals surface area (Å²) >= 11 is 5.70. The molecule has 1 aliphatic rings. The second-order valence-electron chi connectivity index (χ2n) is 7.16. The number of carbonyl (C=O) groups excluding carboxylic acids is 1. The van der Waals surface area contributed by atoms with Crippen LogP contribution in [0.1, 0.15) is 18.5 Å². The lowest BCUT2D eigenvalue weighted by molar-refractivity contribution is -0.140. The number of benzene rings is 2. The molecular weight excluding hydrogens is 444 g/mol. The van der Waals surface area contributed by atoms with Crippen LogP contribution in [0.3, 0.4) is 0 Å². The lowest BCUT2D eigenvalue weighted by Gasteiger charge is -2.37. The van der Waals surface area contributed by atoms with Crippen LogP contribution in [0, 0.1) is 0 Å². The molecule has 8 nitrogen and oxygen atoms in total. The number of allylic oxidation sites excluding steroid dienone is 1. The summed E-state index contributed by atoms with van der Waals surface area (Å²) in [5.74, 6) is 1.39. The molecule has 0 bridgehead atoms. The van der Waals surface area contributed by atoms with Crippen LogP contribution in [-0.2, 0) is 14.3 Å². The van der Waals surface area contributed by atoms with Gasteiger partial charge in [-0.05, 0) is 61.1 Å². The van der Waals surface area contributed by atoms with Crippen molar-refractivity contribution in [2.75, 3.05) is 46.6 Å². The van der Waals surface area contributed by atoms with Crippen LogP contribution in [-0.4, -0.2) is 52.7 Å². The number of rotatable bonds is 9. The molecule has 0 radical (unpaired) electrons. The fraction of sp³-hybridized carbons (Fsp3) is 0.333. The number of ether oxygens (including phenoxy) is 5. The van der Waals surface area contributed by atoms with E-state index in [0.29, 0.717) is 34.5 Å². The standard InChI is InChI=1S/C24H28N2O6S/c1-15-21(23(27)32-13-12-28-2)22(16-6-11-19(30-4)20(14-16)31-5)25-24(33)26(15)17-7-9-18(29-3)10-8-17/h6-11,14,22H,12-13H2,1-5H3,(H,25,33). The molecule has 1 heterocycles. The molecule has 1 unspecified atom stereocenters. The van der Waals surface area contributed by atoms with Crippen LogP contribution in [0.5, 0.6) is 17.2 Å². The van der Waals surface area contributed by atoms with Gasteiger partial charge in [0.15, 0.2) is 16.6 Å². The van der Waals surface area contributed by atoms with Crippen molar-refractivity contribution in [3.63, 3.8) is 0 Å². The number of methoxy groups -OCH3 is 4. The van der Waals surface area contributed by atoms with E-state index in [9.17, 15) is 4.79 Å². The van der Waals surface area contributed by atoms with Crippen molar-refractivity contribution in [3.8, 4) is 17.2 Å². The zero-order valence-electron chi connectivity index (χ0n) is 19.3. The number of nitrogens with one attached hydrogen (secondary N) is 1. The van der Waals surface area contributed by atoms with Gasteiger partial charge in [-0.15, -0.1) is 0 Å². The van der Waals surface area contributed by atoms with Crippen LogP contribution >= 0.6 is 12.2 Å². The van der Waals surface area contributed by atoms with Gasteiger partial charge >= 0.3 is 5.97 Å². The molecule has 0 aliphatic carbocycles. The van der Waals surface area contributed by atoms with E-state index < -0.39 is 12.0 Å². The number of thiocarbonyl (C=S) groups is 1. The molecule has 33 heavy (non-hydrogen) atoms. The zero-order valence-corrected chi connectivity index (χ0v) is 20.2. The third-order valence-corrected chi connectivity index (χ3v) is 5.60. The lowest BCUT2D eigenvalue weighted by atomic mass is 9.94. The molecule has 1 atom stereocenters. The molecule has 0 spiro atoms. The number of carbonyl (C=O) groups is 1. The number of hydrogen-bond donors (Lipinski definition) is 1. The first-order valence-electron chi connectivity index (χ1n) is 10.3. The second kappa shape index (κ2) is 11.0. The van der Waals surface area contributed by atoms with Gasteiger partial charge in [-0.2, -0.15) is 0 Å². The summed E-state index contributed by atoms with van der Waals surface area (Å²) in [6.45, 7) is 2.28. The first-order valence-corrected chi connectivity index (χ1v) is 10.7. The summed E-state index contributed by atoms with van der Waals surface area (Å²) in [6, 6.07) is 12.4. The van der Waals surface area contributed by atoms with E-state index in [0.717, 1.165) is 17.0 Å². The summed E-state index contributed by atoms with van der Waals surface area (Å²) in [7, 11) is 6.29. The van der Waals surface area contributed by atoms with E-state index >= 15 is 0 Å². The van der Waals surface area contributed by atoms with Gasteiger partial charge in [0.2, 0.25) is 0 Å². The highest BCUT2D eigenvalue weighted by Gasteiger charge is 2.36. The third kappa shape index (κ3) is 5.20. The fourth-order valence-electron chi connectivity index (χ4n) is 3.63. The van der Waals surface area contributed by atoms with E-state index in [-0.39, 0.29) is 6.61 Å². The summed E-state index contributed by atoms with van der Waals surface area (Å²) in [5, 5.41) is 3.74. The summed E-state index contributed by atoms with van der Waals surface area (Å²) in [5.41, 5.74) is 2.66. The third-order valence-electron chi connectivity index (χ3n) is 5.30. The zero-order chi connectivity index (χ0) is 24.0. The Morgan fingerprint density at radius 1 is 0.970 bits per heavy atom. The van der Waals surface area contributed by atoms with Gasteiger partial charge in [0.1, 0.15) is 12.4 Å². The molecule has 0 amide bonds. The van der Waals surface area contributed by atoms with Gasteiger partial charge in [-0.3, -0.25) is 4.90 Å². The fourth-order valence-corrected chi connectivity index (χ4v) is 3.99. The SMILES string of the molecule is COCCOC(=O)C1=C(C)N(c2ccc(OC)cc2)C(=S)NC1c1ccc(OC)c(OC)c1. The summed E-state index contributed by atoms with van der Waals surface area (Å²) in [4.78, 5) is 15.0. The minimum Gasteiger partial charge on any atom is -0.497 e. The Morgan fingerprint density at radius 3 is 2.27 bits per heavy atom. The molecule has 2 aromatic carbocycles. The molecule has 9 heteroatoms. The van der Waals surface area contributed by atoms with Gasteiger partial charge in [0, 0.05) is 18.5 Å². The summed E-state index contributed by atoms with van der Waals surface area (Å²) < 4.78 is 26.6. The van der Waals surface area contributed by atoms with Crippen molar-refractivity contribution in [1.29, 1.82) is 0 Å². The van der Waals surface area contributed by atoms with Crippen LogP contribution in [0.25, 0.3) is 0 Å². The molecule has 1 N–H and O–H groups in total. The first-order chi connectivity index (χ1) is 15.9. The predicted molar refractivity (Wildman–Crippen MR) is 129 cm³/mol. The van der Waals surface area contributed by atoms with E-state index in [1.165, 1.54) is 0 Å². The topological polar surface area (TPSA) is 78.5 Å². The van der Waals surface area contributed by atoms with Crippen LogP contribution in [0.2, 0.25) is 0 Å². The Balaban J connectivity index is 2.08. The maximum Gasteiger partial charge on any atom is 0.338 e. The van der Waals surface area contributed by atoms with Gasteiger partial charge in [-0.25, -0.2) is 4.79 Å². The average Bonchev–Trinajstić information content (AvgIpc) is 2.83. The largest absolute Gasteiger partial charge is 0.497 e. The van der Waals surface area contributed by atoms with E-state index in [2.05, 4.69) is 5.32 Å². The Morgan fingerprint density at radius 2 is 1.67 bits per heavy atom. The van der Waals surface area contributed by atoms with Crippen molar-refractivity contribution in [2.45, 2.75) is 13.0 Å². The Hall–Kier alpha value is -3.30. The Bertz CT molecular complexity index is 1040. The van der Waals surface area contributed by atoms with Crippen molar-refractivity contribution in [3.05, 3.63) is 59.3 Å². The molecule has 2 aromatic rings. The number of esters is 1. The molecule has 0 fully saturated rings. The molecule has 0 aromatic heterocycles. The first kappa shape index (κ1) is 24.3. The monoisotopic (exact) mass is 472 g/mol. The molecule has 176 valence electrons. The minimum atomic E-state index is -0.540. The number of anilines is 1. The van der Waals surface area contributed by atoms with E-state index in [4.69, 9.17) is 35.9 Å². The Kier molecular flexibility index (Phi) is 8.13. The van der Waals surface area contributed by atoms with Gasteiger partial charge < -0.3 is 29.0 Å². The molecular formula is C24H28N2O6S. The van der Waals surface area contributed by atoms with Crippen molar-refractivity contribution in [1.82, 2.24) is 5.32 Å². The minimum absolute atomic E-state index is 0.137. The molecule has 3 rings (SSSR count). The number of hydrogen-bond acceptors (Lipinski definition) is 7. The lowest BCUT2D eigenvalue weighted by Crippen LogP contribution is -2.48. The molecule has 1 aliphatic heterocycles. The highest BCUT2D eigenvalue weighted by atomic mass is 32.1. The van der Waals surface area contributed by atoms with E-state index in [1.807, 2.05) is 43.3 Å². The van der Waals surface area contributed by atoms with Crippen LogP contribution < -0.4 is 24.4 Å². The smallest absolute Gasteiger partial charge is 0.338 e. The maximum atomic E-state index is 13.2. The summed E-state index contributed by atoms with van der Waals surface area (Å²) in [6.07, 6.45) is 0. The van der Waals surface area contributed by atoms with Crippen molar-refractivity contribution in [2.24, 2.45) is 0 Å². The van der Waals surface area contributed by atoms with Gasteiger partial charge in [0.05, 0.1) is 39.6 Å². The van der Waals surface area contributed by atoms with Crippen molar-refractivity contribution >= 4 is 29.0 Å². The normalized spacial score (nSPS) is 15.7. The van der Waals surface area contributed by atoms with Crippen molar-refractivity contribution < 1.29 is 28.5 Å². The van der Waals surface area contributed by atoms with Crippen LogP contribution in [0.4, 0.5) is 5.69 Å². The van der Waals surface area contributed by atoms with Gasteiger partial charge in [0.25, 0.3) is 0 Å². The maximum absolute atomic E-state index is 13.2. The molecule has 0 saturated carbocycles. The average molecular weight is 473 g/mol. The highest BCUT2D eigenvalue weighted by Crippen LogP contribution is 2.37.